The summed E-state index contributed by atoms with van der Waals surface area (Å²) in [4.78, 5) is 35.8. The molecule has 0 fully saturated rings. The van der Waals surface area contributed by atoms with Crippen LogP contribution in [-0.2, 0) is 25.6 Å². The lowest BCUT2D eigenvalue weighted by Crippen LogP contribution is -2.55. The van der Waals surface area contributed by atoms with E-state index in [1.165, 1.54) is 7.11 Å². The molecule has 1 rings (SSSR count). The maximum absolute atomic E-state index is 11.9. The quantitative estimate of drug-likeness (QED) is 0.592. The van der Waals surface area contributed by atoms with Gasteiger partial charge in [-0.2, -0.15) is 0 Å². The van der Waals surface area contributed by atoms with E-state index in [4.69, 9.17) is 9.47 Å². The summed E-state index contributed by atoms with van der Waals surface area (Å²) in [7, 11) is 1.19. The van der Waals surface area contributed by atoms with Crippen LogP contribution in [0.1, 0.15) is 33.3 Å². The molecule has 2 atom stereocenters. The van der Waals surface area contributed by atoms with Gasteiger partial charge in [-0.25, -0.2) is 14.4 Å². The second-order valence-electron chi connectivity index (χ2n) is 6.64. The van der Waals surface area contributed by atoms with E-state index in [0.29, 0.717) is 0 Å². The third kappa shape index (κ3) is 7.87. The average Bonchev–Trinajstić information content (AvgIpc) is 2.56. The Bertz CT molecular complexity index is 612. The van der Waals surface area contributed by atoms with Gasteiger partial charge in [0.05, 0.1) is 13.2 Å². The molecule has 0 unspecified atom stereocenters. The summed E-state index contributed by atoms with van der Waals surface area (Å²) < 4.78 is 14.9. The Morgan fingerprint density at radius 1 is 1.04 bits per heavy atom. The third-order valence-corrected chi connectivity index (χ3v) is 3.19. The minimum atomic E-state index is -1.13. The number of carbonyl (C=O) groups is 3. The zero-order valence-corrected chi connectivity index (χ0v) is 15.7. The van der Waals surface area contributed by atoms with Crippen LogP contribution in [0.2, 0.25) is 0 Å². The summed E-state index contributed by atoms with van der Waals surface area (Å²) in [5.41, 5.74) is 0.0995. The van der Waals surface area contributed by atoms with Gasteiger partial charge in [0.25, 0.3) is 0 Å². The second kappa shape index (κ2) is 9.65. The second-order valence-corrected chi connectivity index (χ2v) is 6.64. The number of ether oxygens (including phenoxy) is 3. The fourth-order valence-electron chi connectivity index (χ4n) is 1.98. The summed E-state index contributed by atoms with van der Waals surface area (Å²) in [6, 6.07) is 7.25. The maximum atomic E-state index is 11.9. The fourth-order valence-corrected chi connectivity index (χ4v) is 1.98. The van der Waals surface area contributed by atoms with Crippen molar-refractivity contribution in [2.45, 2.75) is 52.0 Å². The average molecular weight is 366 g/mol. The maximum Gasteiger partial charge on any atom is 0.408 e. The van der Waals surface area contributed by atoms with Crippen LogP contribution in [0.5, 0.6) is 0 Å². The Hall–Kier alpha value is -2.77. The summed E-state index contributed by atoms with van der Waals surface area (Å²) in [5, 5.41) is 4.90. The highest BCUT2D eigenvalue weighted by atomic mass is 16.6. The number of carbonyl (C=O) groups excluding carboxylic acids is 3. The number of rotatable bonds is 6. The normalized spacial score (nSPS) is 13.1. The van der Waals surface area contributed by atoms with E-state index >= 15 is 0 Å². The summed E-state index contributed by atoms with van der Waals surface area (Å²) in [6.45, 7) is 6.72. The predicted molar refractivity (Wildman–Crippen MR) is 94.4 cm³/mol. The van der Waals surface area contributed by atoms with Crippen molar-refractivity contribution in [2.75, 3.05) is 7.11 Å². The number of methoxy groups -OCH3 is 1. The van der Waals surface area contributed by atoms with Gasteiger partial charge in [0, 0.05) is 0 Å². The molecule has 0 saturated carbocycles. The number of benzene rings is 1. The standard InChI is InChI=1S/C18H26N2O6/c1-12(19-16(22)25-11-13-9-7-6-8-10-13)14(15(21)24-5)20-17(23)26-18(2,3)4/h6-10,12,14H,11H2,1-5H3,(H,19,22)(H,20,23)/t12-,14-/m1/s1. The van der Waals surface area contributed by atoms with E-state index in [9.17, 15) is 14.4 Å². The van der Waals surface area contributed by atoms with Crippen molar-refractivity contribution in [2.24, 2.45) is 0 Å². The van der Waals surface area contributed by atoms with Crippen molar-refractivity contribution >= 4 is 18.2 Å². The molecular weight excluding hydrogens is 340 g/mol. The van der Waals surface area contributed by atoms with Crippen molar-refractivity contribution in [3.8, 4) is 0 Å². The molecular formula is C18H26N2O6. The minimum Gasteiger partial charge on any atom is -0.467 e. The topological polar surface area (TPSA) is 103 Å². The smallest absolute Gasteiger partial charge is 0.408 e. The van der Waals surface area contributed by atoms with Crippen molar-refractivity contribution in [1.82, 2.24) is 10.6 Å². The van der Waals surface area contributed by atoms with Crippen LogP contribution in [0.3, 0.4) is 0 Å². The number of hydrogen-bond donors (Lipinski definition) is 2. The SMILES string of the molecule is COC(=O)[C@H](NC(=O)OC(C)(C)C)[C@@H](C)NC(=O)OCc1ccccc1. The van der Waals surface area contributed by atoms with Gasteiger partial charge in [0.15, 0.2) is 0 Å². The third-order valence-electron chi connectivity index (χ3n) is 3.19. The number of nitrogens with one attached hydrogen (secondary N) is 2. The molecule has 2 amide bonds. The molecule has 0 radical (unpaired) electrons. The lowest BCUT2D eigenvalue weighted by molar-refractivity contribution is -0.143. The zero-order valence-electron chi connectivity index (χ0n) is 15.7. The number of amides is 2. The van der Waals surface area contributed by atoms with Crippen LogP contribution in [-0.4, -0.2) is 43.0 Å². The van der Waals surface area contributed by atoms with E-state index in [2.05, 4.69) is 15.4 Å². The van der Waals surface area contributed by atoms with E-state index < -0.39 is 35.8 Å². The van der Waals surface area contributed by atoms with Crippen LogP contribution in [0.15, 0.2) is 30.3 Å². The highest BCUT2D eigenvalue weighted by Crippen LogP contribution is 2.08. The van der Waals surface area contributed by atoms with Gasteiger partial charge in [-0.1, -0.05) is 30.3 Å². The van der Waals surface area contributed by atoms with Gasteiger partial charge in [0.2, 0.25) is 0 Å². The molecule has 1 aromatic rings. The molecule has 0 bridgehead atoms. The molecule has 0 spiro atoms. The van der Waals surface area contributed by atoms with Gasteiger partial charge < -0.3 is 24.8 Å². The molecule has 8 heteroatoms. The highest BCUT2D eigenvalue weighted by molar-refractivity contribution is 5.83. The van der Waals surface area contributed by atoms with Crippen LogP contribution in [0.4, 0.5) is 9.59 Å². The van der Waals surface area contributed by atoms with Gasteiger partial charge >= 0.3 is 18.2 Å². The van der Waals surface area contributed by atoms with Crippen LogP contribution in [0.25, 0.3) is 0 Å². The Morgan fingerprint density at radius 2 is 1.65 bits per heavy atom. The summed E-state index contributed by atoms with van der Waals surface area (Å²) >= 11 is 0. The van der Waals surface area contributed by atoms with Crippen molar-refractivity contribution in [1.29, 1.82) is 0 Å². The molecule has 0 aromatic heterocycles. The molecule has 0 heterocycles. The molecule has 2 N–H and O–H groups in total. The summed E-state index contributed by atoms with van der Waals surface area (Å²) in [6.07, 6.45) is -1.51. The first kappa shape index (κ1) is 21.3. The molecule has 0 aliphatic rings. The molecule has 8 nitrogen and oxygen atoms in total. The first-order valence-electron chi connectivity index (χ1n) is 8.17. The number of hydrogen-bond acceptors (Lipinski definition) is 6. The van der Waals surface area contributed by atoms with Crippen molar-refractivity contribution in [3.05, 3.63) is 35.9 Å². The lowest BCUT2D eigenvalue weighted by atomic mass is 10.1. The monoisotopic (exact) mass is 366 g/mol. The number of alkyl carbamates (subject to hydrolysis) is 2. The Balaban J connectivity index is 2.61. The molecule has 144 valence electrons. The molecule has 0 aliphatic heterocycles. The van der Waals surface area contributed by atoms with Gasteiger partial charge in [-0.15, -0.1) is 0 Å². The van der Waals surface area contributed by atoms with E-state index in [0.717, 1.165) is 5.56 Å². The van der Waals surface area contributed by atoms with E-state index in [1.54, 1.807) is 27.7 Å². The first-order valence-corrected chi connectivity index (χ1v) is 8.17. The Kier molecular flexibility index (Phi) is 7.89. The first-order chi connectivity index (χ1) is 12.1. The van der Waals surface area contributed by atoms with Gasteiger partial charge in [-0.3, -0.25) is 0 Å². The van der Waals surface area contributed by atoms with Crippen LogP contribution < -0.4 is 10.6 Å². The summed E-state index contributed by atoms with van der Waals surface area (Å²) in [5.74, 6) is -0.716. The zero-order chi connectivity index (χ0) is 19.7. The molecule has 0 aliphatic carbocycles. The van der Waals surface area contributed by atoms with Crippen LogP contribution >= 0.6 is 0 Å². The largest absolute Gasteiger partial charge is 0.467 e. The highest BCUT2D eigenvalue weighted by Gasteiger charge is 2.31. The van der Waals surface area contributed by atoms with E-state index in [-0.39, 0.29) is 6.61 Å². The van der Waals surface area contributed by atoms with Gasteiger partial charge in [0.1, 0.15) is 18.2 Å². The van der Waals surface area contributed by atoms with Crippen molar-refractivity contribution < 1.29 is 28.6 Å². The fraction of sp³-hybridized carbons (Fsp3) is 0.500. The molecule has 1 aromatic carbocycles. The van der Waals surface area contributed by atoms with Crippen LogP contribution in [0, 0.1) is 0 Å². The van der Waals surface area contributed by atoms with Crippen molar-refractivity contribution in [3.63, 3.8) is 0 Å². The molecule has 0 saturated heterocycles. The Labute approximate surface area is 153 Å². The number of esters is 1. The Morgan fingerprint density at radius 3 is 2.19 bits per heavy atom. The lowest BCUT2D eigenvalue weighted by Gasteiger charge is -2.26. The minimum absolute atomic E-state index is 0.0851. The van der Waals surface area contributed by atoms with E-state index in [1.807, 2.05) is 30.3 Å². The van der Waals surface area contributed by atoms with Gasteiger partial charge in [-0.05, 0) is 33.3 Å². The predicted octanol–water partition coefficient (Wildman–Crippen LogP) is 2.37. The molecule has 26 heavy (non-hydrogen) atoms.